The molecule has 0 aliphatic carbocycles. The Morgan fingerprint density at radius 2 is 1.73 bits per heavy atom. The molecule has 0 bridgehead atoms. The zero-order chi connectivity index (χ0) is 10.9. The summed E-state index contributed by atoms with van der Waals surface area (Å²) in [5, 5.41) is 0. The minimum Gasteiger partial charge on any atom is -0.352 e. The molecular weight excluding hydrogens is 182 g/mol. The Labute approximate surface area is 94.5 Å². The van der Waals surface area contributed by atoms with Crippen LogP contribution in [0.5, 0.6) is 0 Å². The van der Waals surface area contributed by atoms with Crippen molar-refractivity contribution in [2.24, 2.45) is 0 Å². The summed E-state index contributed by atoms with van der Waals surface area (Å²) < 4.78 is 2.35. The van der Waals surface area contributed by atoms with E-state index in [9.17, 15) is 0 Å². The second-order valence-electron chi connectivity index (χ2n) is 4.30. The number of hydrogen-bond donors (Lipinski definition) is 0. The van der Waals surface area contributed by atoms with Crippen molar-refractivity contribution >= 4 is 0 Å². The molecule has 1 nitrogen and oxygen atoms in total. The van der Waals surface area contributed by atoms with Gasteiger partial charge < -0.3 is 4.57 Å². The zero-order valence-electron chi connectivity index (χ0n) is 10.3. The van der Waals surface area contributed by atoms with Crippen LogP contribution in [0.15, 0.2) is 18.3 Å². The largest absolute Gasteiger partial charge is 0.352 e. The van der Waals surface area contributed by atoms with Crippen LogP contribution >= 0.6 is 0 Å². The van der Waals surface area contributed by atoms with Gasteiger partial charge in [0, 0.05) is 18.4 Å². The molecule has 0 unspecified atom stereocenters. The van der Waals surface area contributed by atoms with E-state index in [1.165, 1.54) is 50.6 Å². The number of aryl methyl sites for hydroxylation is 2. The predicted molar refractivity (Wildman–Crippen MR) is 67.2 cm³/mol. The Kier molecular flexibility index (Phi) is 6.22. The summed E-state index contributed by atoms with van der Waals surface area (Å²) in [4.78, 5) is 0. The first-order chi connectivity index (χ1) is 7.38. The highest BCUT2D eigenvalue weighted by Gasteiger charge is 1.98. The van der Waals surface area contributed by atoms with E-state index in [-0.39, 0.29) is 0 Å². The lowest BCUT2D eigenvalue weighted by molar-refractivity contribution is 0.594. The molecule has 0 fully saturated rings. The maximum absolute atomic E-state index is 2.35. The Hall–Kier alpha value is -0.720. The SMILES string of the molecule is CCCCCCCCc1cccn1CC. The van der Waals surface area contributed by atoms with Crippen molar-refractivity contribution in [3.63, 3.8) is 0 Å². The molecule has 0 saturated carbocycles. The molecule has 86 valence electrons. The summed E-state index contributed by atoms with van der Waals surface area (Å²) in [6.45, 7) is 5.59. The first-order valence-electron chi connectivity index (χ1n) is 6.52. The average Bonchev–Trinajstić information content (AvgIpc) is 2.70. The minimum atomic E-state index is 1.11. The van der Waals surface area contributed by atoms with Gasteiger partial charge in [0.2, 0.25) is 0 Å². The summed E-state index contributed by atoms with van der Waals surface area (Å²) in [5.74, 6) is 0. The Morgan fingerprint density at radius 3 is 2.47 bits per heavy atom. The fourth-order valence-electron chi connectivity index (χ4n) is 2.07. The normalized spacial score (nSPS) is 10.8. The fraction of sp³-hybridized carbons (Fsp3) is 0.714. The van der Waals surface area contributed by atoms with Crippen LogP contribution in [0.4, 0.5) is 0 Å². The van der Waals surface area contributed by atoms with Crippen LogP contribution < -0.4 is 0 Å². The van der Waals surface area contributed by atoms with Crippen molar-refractivity contribution in [1.82, 2.24) is 4.57 Å². The molecule has 1 aromatic heterocycles. The van der Waals surface area contributed by atoms with Crippen LogP contribution in [0.3, 0.4) is 0 Å². The van der Waals surface area contributed by atoms with Crippen LogP contribution in [0.2, 0.25) is 0 Å². The van der Waals surface area contributed by atoms with E-state index < -0.39 is 0 Å². The Bertz CT molecular complexity index is 250. The Morgan fingerprint density at radius 1 is 1.00 bits per heavy atom. The van der Waals surface area contributed by atoms with E-state index in [2.05, 4.69) is 36.7 Å². The third-order valence-electron chi connectivity index (χ3n) is 3.05. The number of aromatic nitrogens is 1. The summed E-state index contributed by atoms with van der Waals surface area (Å²) >= 11 is 0. The number of unbranched alkanes of at least 4 members (excludes halogenated alkanes) is 5. The third kappa shape index (κ3) is 4.55. The minimum absolute atomic E-state index is 1.11. The van der Waals surface area contributed by atoms with Gasteiger partial charge in [-0.15, -0.1) is 0 Å². The summed E-state index contributed by atoms with van der Waals surface area (Å²) in [7, 11) is 0. The maximum atomic E-state index is 2.35. The van der Waals surface area contributed by atoms with Gasteiger partial charge in [0.25, 0.3) is 0 Å². The number of nitrogens with zero attached hydrogens (tertiary/aromatic N) is 1. The topological polar surface area (TPSA) is 4.93 Å². The molecule has 0 saturated heterocycles. The molecule has 0 aliphatic rings. The predicted octanol–water partition coefficient (Wildman–Crippen LogP) is 4.41. The van der Waals surface area contributed by atoms with Gasteiger partial charge in [0.05, 0.1) is 0 Å². The van der Waals surface area contributed by atoms with E-state index in [0.29, 0.717) is 0 Å². The van der Waals surface area contributed by atoms with E-state index in [1.54, 1.807) is 0 Å². The zero-order valence-corrected chi connectivity index (χ0v) is 10.3. The van der Waals surface area contributed by atoms with E-state index in [4.69, 9.17) is 0 Å². The lowest BCUT2D eigenvalue weighted by Gasteiger charge is -2.05. The standard InChI is InChI=1S/C14H25N/c1-3-5-6-7-8-9-11-14-12-10-13-15(14)4-2/h10,12-13H,3-9,11H2,1-2H3. The van der Waals surface area contributed by atoms with Crippen molar-refractivity contribution in [2.75, 3.05) is 0 Å². The van der Waals surface area contributed by atoms with Crippen molar-refractivity contribution in [2.45, 2.75) is 65.3 Å². The molecule has 0 aromatic carbocycles. The number of hydrogen-bond acceptors (Lipinski definition) is 0. The van der Waals surface area contributed by atoms with Gasteiger partial charge in [-0.2, -0.15) is 0 Å². The lowest BCUT2D eigenvalue weighted by Crippen LogP contribution is -1.98. The second-order valence-corrected chi connectivity index (χ2v) is 4.30. The smallest absolute Gasteiger partial charge is 0.0193 e. The Balaban J connectivity index is 2.09. The van der Waals surface area contributed by atoms with Crippen molar-refractivity contribution in [1.29, 1.82) is 0 Å². The van der Waals surface area contributed by atoms with Gasteiger partial charge in [0.1, 0.15) is 0 Å². The average molecular weight is 207 g/mol. The molecule has 0 atom stereocenters. The fourth-order valence-corrected chi connectivity index (χ4v) is 2.07. The highest BCUT2D eigenvalue weighted by atomic mass is 14.9. The molecule has 0 amide bonds. The molecule has 0 N–H and O–H groups in total. The molecule has 0 radical (unpaired) electrons. The monoisotopic (exact) mass is 207 g/mol. The van der Waals surface area contributed by atoms with Crippen LogP contribution in [-0.2, 0) is 13.0 Å². The highest BCUT2D eigenvalue weighted by Crippen LogP contribution is 2.10. The van der Waals surface area contributed by atoms with Crippen LogP contribution in [0.1, 0.15) is 58.1 Å². The van der Waals surface area contributed by atoms with E-state index in [1.807, 2.05) is 0 Å². The molecule has 15 heavy (non-hydrogen) atoms. The van der Waals surface area contributed by atoms with Gasteiger partial charge in [-0.3, -0.25) is 0 Å². The van der Waals surface area contributed by atoms with Crippen LogP contribution in [-0.4, -0.2) is 4.57 Å². The van der Waals surface area contributed by atoms with Gasteiger partial charge >= 0.3 is 0 Å². The molecule has 1 heteroatoms. The third-order valence-corrected chi connectivity index (χ3v) is 3.05. The maximum Gasteiger partial charge on any atom is 0.0193 e. The van der Waals surface area contributed by atoms with Crippen molar-refractivity contribution in [3.05, 3.63) is 24.0 Å². The highest BCUT2D eigenvalue weighted by molar-refractivity contribution is 5.06. The molecule has 1 aromatic rings. The quantitative estimate of drug-likeness (QED) is 0.556. The molecule has 0 spiro atoms. The summed E-state index contributed by atoms with van der Waals surface area (Å²) in [5.41, 5.74) is 1.51. The summed E-state index contributed by atoms with van der Waals surface area (Å²) in [6, 6.07) is 4.42. The van der Waals surface area contributed by atoms with Crippen LogP contribution in [0.25, 0.3) is 0 Å². The van der Waals surface area contributed by atoms with Crippen molar-refractivity contribution in [3.8, 4) is 0 Å². The van der Waals surface area contributed by atoms with Gasteiger partial charge in [-0.1, -0.05) is 39.0 Å². The summed E-state index contributed by atoms with van der Waals surface area (Å²) in [6.07, 6.45) is 11.8. The lowest BCUT2D eigenvalue weighted by atomic mass is 10.1. The number of rotatable bonds is 8. The van der Waals surface area contributed by atoms with E-state index in [0.717, 1.165) is 6.54 Å². The second kappa shape index (κ2) is 7.56. The van der Waals surface area contributed by atoms with Crippen LogP contribution in [0, 0.1) is 0 Å². The molecule has 1 rings (SSSR count). The van der Waals surface area contributed by atoms with Gasteiger partial charge in [-0.05, 0) is 31.9 Å². The van der Waals surface area contributed by atoms with E-state index >= 15 is 0 Å². The first kappa shape index (κ1) is 12.4. The molecule has 0 aliphatic heterocycles. The molecule has 1 heterocycles. The van der Waals surface area contributed by atoms with Gasteiger partial charge in [-0.25, -0.2) is 0 Å². The first-order valence-corrected chi connectivity index (χ1v) is 6.52. The molecular formula is C14H25N. The van der Waals surface area contributed by atoms with Crippen molar-refractivity contribution < 1.29 is 0 Å². The van der Waals surface area contributed by atoms with Gasteiger partial charge in [0.15, 0.2) is 0 Å².